The van der Waals surface area contributed by atoms with Crippen LogP contribution in [0.25, 0.3) is 0 Å². The van der Waals surface area contributed by atoms with Gasteiger partial charge in [-0.1, -0.05) is 62.3 Å². The lowest BCUT2D eigenvalue weighted by Gasteiger charge is -2.52. The van der Waals surface area contributed by atoms with E-state index in [0.29, 0.717) is 18.9 Å². The Labute approximate surface area is 198 Å². The molecule has 0 aliphatic carbocycles. The predicted molar refractivity (Wildman–Crippen MR) is 131 cm³/mol. The van der Waals surface area contributed by atoms with E-state index in [4.69, 9.17) is 23.4 Å². The largest absolute Gasteiger partial charge is 0.459 e. The Bertz CT molecular complexity index is 618. The first-order chi connectivity index (χ1) is 14.1. The van der Waals surface area contributed by atoms with E-state index in [0.717, 1.165) is 6.42 Å². The summed E-state index contributed by atoms with van der Waals surface area (Å²) in [5.41, 5.74) is 0. The van der Waals surface area contributed by atoms with Gasteiger partial charge in [0.1, 0.15) is 18.3 Å². The summed E-state index contributed by atoms with van der Waals surface area (Å²) in [4.78, 5) is 12.7. The summed E-state index contributed by atoms with van der Waals surface area (Å²) in [7, 11) is -2.16. The lowest BCUT2D eigenvalue weighted by Crippen LogP contribution is -2.64. The molecule has 0 radical (unpaired) electrons. The second kappa shape index (κ2) is 10.9. The van der Waals surface area contributed by atoms with Crippen molar-refractivity contribution in [3.63, 3.8) is 0 Å². The highest BCUT2D eigenvalue weighted by atomic mass is 28.4. The Hall–Kier alpha value is -0.473. The lowest BCUT2D eigenvalue weighted by atomic mass is 9.91. The second-order valence-electron chi connectivity index (χ2n) is 11.4. The quantitative estimate of drug-likeness (QED) is 0.311. The number of carbonyl (C=O) groups is 1. The molecule has 0 N–H and O–H groups in total. The molecule has 2 saturated heterocycles. The Kier molecular flexibility index (Phi) is 10.0. The van der Waals surface area contributed by atoms with Crippen LogP contribution in [0.15, 0.2) is 0 Å². The van der Waals surface area contributed by atoms with E-state index in [9.17, 15) is 4.79 Å². The van der Waals surface area contributed by atoms with Gasteiger partial charge in [0.2, 0.25) is 0 Å². The molecular formula is C25H50O6Si. The first-order valence-electron chi connectivity index (χ1n) is 12.0. The van der Waals surface area contributed by atoms with Crippen LogP contribution in [0.3, 0.4) is 0 Å². The maximum atomic E-state index is 12.7. The van der Waals surface area contributed by atoms with E-state index in [-0.39, 0.29) is 42.5 Å². The van der Waals surface area contributed by atoms with E-state index >= 15 is 0 Å². The SMILES string of the molecule is C.CC[C@@H](C)CC(=O)O[C@@H]1C(C)[C@H](O[Si](C)(C)C(C)(C)C(C)C)OC2COC(C)(C)O[C@H]21. The third kappa shape index (κ3) is 6.56. The summed E-state index contributed by atoms with van der Waals surface area (Å²) < 4.78 is 31.3. The summed E-state index contributed by atoms with van der Waals surface area (Å²) in [6.07, 6.45) is -0.252. The first kappa shape index (κ1) is 29.6. The molecule has 2 rings (SSSR count). The van der Waals surface area contributed by atoms with Crippen molar-refractivity contribution in [1.82, 2.24) is 0 Å². The van der Waals surface area contributed by atoms with Crippen molar-refractivity contribution >= 4 is 14.3 Å². The topological polar surface area (TPSA) is 63.2 Å². The van der Waals surface area contributed by atoms with E-state index in [1.807, 2.05) is 20.8 Å². The number of carbonyl (C=O) groups excluding carboxylic acids is 1. The van der Waals surface area contributed by atoms with Gasteiger partial charge in [-0.2, -0.15) is 0 Å². The van der Waals surface area contributed by atoms with Crippen molar-refractivity contribution in [3.05, 3.63) is 0 Å². The summed E-state index contributed by atoms with van der Waals surface area (Å²) in [5.74, 6) is -0.307. The van der Waals surface area contributed by atoms with Crippen molar-refractivity contribution in [2.45, 2.75) is 131 Å². The van der Waals surface area contributed by atoms with Crippen LogP contribution in [0.2, 0.25) is 18.1 Å². The maximum absolute atomic E-state index is 12.7. The van der Waals surface area contributed by atoms with Crippen LogP contribution < -0.4 is 0 Å². The van der Waals surface area contributed by atoms with Crippen LogP contribution in [-0.4, -0.2) is 51.3 Å². The molecule has 190 valence electrons. The van der Waals surface area contributed by atoms with Crippen LogP contribution in [0.5, 0.6) is 0 Å². The Morgan fingerprint density at radius 1 is 1.22 bits per heavy atom. The van der Waals surface area contributed by atoms with Gasteiger partial charge < -0.3 is 23.4 Å². The third-order valence-corrected chi connectivity index (χ3v) is 12.3. The maximum Gasteiger partial charge on any atom is 0.306 e. The third-order valence-electron chi connectivity index (χ3n) is 7.85. The fraction of sp³-hybridized carbons (Fsp3) is 0.960. The molecule has 6 atom stereocenters. The zero-order valence-electron chi connectivity index (χ0n) is 21.6. The molecule has 0 bridgehead atoms. The van der Waals surface area contributed by atoms with Gasteiger partial charge in [-0.25, -0.2) is 0 Å². The highest BCUT2D eigenvalue weighted by Crippen LogP contribution is 2.47. The normalized spacial score (nSPS) is 31.4. The van der Waals surface area contributed by atoms with Crippen LogP contribution in [0.4, 0.5) is 0 Å². The monoisotopic (exact) mass is 474 g/mol. The zero-order chi connectivity index (χ0) is 23.8. The molecular weight excluding hydrogens is 424 g/mol. The van der Waals surface area contributed by atoms with Crippen molar-refractivity contribution in [2.24, 2.45) is 17.8 Å². The summed E-state index contributed by atoms with van der Waals surface area (Å²) in [5, 5.41) is 0.0528. The molecule has 0 aromatic rings. The average Bonchev–Trinajstić information content (AvgIpc) is 2.64. The number of rotatable bonds is 8. The van der Waals surface area contributed by atoms with E-state index in [2.05, 4.69) is 54.6 Å². The van der Waals surface area contributed by atoms with Crippen LogP contribution >= 0.6 is 0 Å². The van der Waals surface area contributed by atoms with Gasteiger partial charge in [-0.3, -0.25) is 4.79 Å². The highest BCUT2D eigenvalue weighted by molar-refractivity contribution is 6.74. The molecule has 7 heteroatoms. The minimum absolute atomic E-state index is 0. The smallest absolute Gasteiger partial charge is 0.306 e. The van der Waals surface area contributed by atoms with Gasteiger partial charge in [0, 0.05) is 12.3 Å². The van der Waals surface area contributed by atoms with Crippen LogP contribution in [0, 0.1) is 17.8 Å². The van der Waals surface area contributed by atoms with Gasteiger partial charge in [0.25, 0.3) is 0 Å². The summed E-state index contributed by atoms with van der Waals surface area (Å²) >= 11 is 0. The Balaban J connectivity index is 0.00000512. The van der Waals surface area contributed by atoms with Crippen LogP contribution in [0.1, 0.15) is 82.6 Å². The molecule has 2 aliphatic rings. The van der Waals surface area contributed by atoms with Crippen molar-refractivity contribution in [2.75, 3.05) is 6.61 Å². The average molecular weight is 475 g/mol. The Morgan fingerprint density at radius 3 is 2.34 bits per heavy atom. The first-order valence-corrected chi connectivity index (χ1v) is 14.9. The van der Waals surface area contributed by atoms with E-state index < -0.39 is 26.5 Å². The number of ether oxygens (including phenoxy) is 4. The summed E-state index contributed by atoms with van der Waals surface area (Å²) in [6.45, 7) is 23.9. The Morgan fingerprint density at radius 2 is 1.81 bits per heavy atom. The van der Waals surface area contributed by atoms with Gasteiger partial charge in [-0.15, -0.1) is 0 Å². The molecule has 0 saturated carbocycles. The van der Waals surface area contributed by atoms with Gasteiger partial charge in [0.05, 0.1) is 6.61 Å². The second-order valence-corrected chi connectivity index (χ2v) is 15.9. The summed E-state index contributed by atoms with van der Waals surface area (Å²) in [6, 6.07) is 0. The van der Waals surface area contributed by atoms with Gasteiger partial charge >= 0.3 is 5.97 Å². The van der Waals surface area contributed by atoms with Crippen molar-refractivity contribution in [1.29, 1.82) is 0 Å². The number of fused-ring (bicyclic) bond motifs is 1. The van der Waals surface area contributed by atoms with Crippen molar-refractivity contribution in [3.8, 4) is 0 Å². The van der Waals surface area contributed by atoms with Gasteiger partial charge in [-0.05, 0) is 43.8 Å². The van der Waals surface area contributed by atoms with E-state index in [1.54, 1.807) is 0 Å². The molecule has 0 aromatic heterocycles. The number of hydrogen-bond donors (Lipinski definition) is 0. The highest BCUT2D eigenvalue weighted by Gasteiger charge is 2.54. The van der Waals surface area contributed by atoms with Crippen molar-refractivity contribution < 1.29 is 28.2 Å². The molecule has 0 spiro atoms. The molecule has 6 nitrogen and oxygen atoms in total. The molecule has 2 heterocycles. The molecule has 0 aromatic carbocycles. The molecule has 2 aliphatic heterocycles. The minimum Gasteiger partial charge on any atom is -0.459 e. The minimum atomic E-state index is -2.16. The fourth-order valence-electron chi connectivity index (χ4n) is 4.04. The van der Waals surface area contributed by atoms with E-state index in [1.165, 1.54) is 0 Å². The molecule has 2 unspecified atom stereocenters. The van der Waals surface area contributed by atoms with Crippen LogP contribution in [-0.2, 0) is 28.2 Å². The standard InChI is InChI=1S/C24H46O6Si.CH4/c1-12-16(4)13-19(25)28-20-17(5)22(30-31(10,11)23(6,7)15(2)3)27-18-14-26-24(8,9)29-21(18)20;/h15-18,20-22H,12-14H2,1-11H3;1H4/t16-,17?,18?,20-,21-,22+;/m1./s1. The lowest BCUT2D eigenvalue weighted by molar-refractivity contribution is -0.368. The molecule has 0 amide bonds. The zero-order valence-corrected chi connectivity index (χ0v) is 22.6. The number of hydrogen-bond acceptors (Lipinski definition) is 6. The predicted octanol–water partition coefficient (Wildman–Crippen LogP) is 6.14. The molecule has 32 heavy (non-hydrogen) atoms. The number of esters is 1. The van der Waals surface area contributed by atoms with Gasteiger partial charge in [0.15, 0.2) is 20.4 Å². The fourth-order valence-corrected chi connectivity index (χ4v) is 6.58. The molecule has 2 fully saturated rings.